The van der Waals surface area contributed by atoms with E-state index in [9.17, 15) is 0 Å². The van der Waals surface area contributed by atoms with Crippen molar-refractivity contribution in [2.45, 2.75) is 38.8 Å². The van der Waals surface area contributed by atoms with Gasteiger partial charge >= 0.3 is 0 Å². The molecule has 1 heterocycles. The van der Waals surface area contributed by atoms with Gasteiger partial charge in [0.15, 0.2) is 5.84 Å². The summed E-state index contributed by atoms with van der Waals surface area (Å²) in [4.78, 5) is 7.64. The van der Waals surface area contributed by atoms with Crippen LogP contribution >= 0.6 is 11.6 Å². The van der Waals surface area contributed by atoms with Gasteiger partial charge in [0.2, 0.25) is 0 Å². The summed E-state index contributed by atoms with van der Waals surface area (Å²) >= 11 is 6.05. The van der Waals surface area contributed by atoms with Crippen molar-refractivity contribution in [3.8, 4) is 0 Å². The lowest BCUT2D eigenvalue weighted by Gasteiger charge is -2.32. The lowest BCUT2D eigenvalue weighted by atomic mass is 10.0. The lowest BCUT2D eigenvalue weighted by molar-refractivity contribution is 0.126. The Labute approximate surface area is 125 Å². The summed E-state index contributed by atoms with van der Waals surface area (Å²) in [5.74, 6) is 0.519. The van der Waals surface area contributed by atoms with Crippen LogP contribution in [0.5, 0.6) is 0 Å². The van der Waals surface area contributed by atoms with Gasteiger partial charge in [-0.25, -0.2) is 0 Å². The molecule has 1 unspecified atom stereocenters. The van der Waals surface area contributed by atoms with Gasteiger partial charge in [0, 0.05) is 16.6 Å². The van der Waals surface area contributed by atoms with Crippen LogP contribution in [0.25, 0.3) is 0 Å². The van der Waals surface area contributed by atoms with Crippen LogP contribution in [-0.2, 0) is 11.4 Å². The predicted octanol–water partition coefficient (Wildman–Crippen LogP) is 3.00. The number of oxime groups is 1. The largest absolute Gasteiger partial charge is 0.389 e. The number of piperidine rings is 1. The van der Waals surface area contributed by atoms with Crippen LogP contribution in [-0.4, -0.2) is 29.9 Å². The fraction of sp³-hybridized carbons (Fsp3) is 0.533. The van der Waals surface area contributed by atoms with Gasteiger partial charge in [-0.15, -0.1) is 0 Å². The molecular weight excluding hydrogens is 274 g/mol. The first-order valence-electron chi connectivity index (χ1n) is 7.08. The summed E-state index contributed by atoms with van der Waals surface area (Å²) in [5.41, 5.74) is 6.83. The zero-order valence-corrected chi connectivity index (χ0v) is 12.6. The van der Waals surface area contributed by atoms with Crippen LogP contribution in [0, 0.1) is 0 Å². The molecular formula is C15H22ClN3O. The summed E-state index contributed by atoms with van der Waals surface area (Å²) in [5, 5.41) is 4.67. The molecule has 20 heavy (non-hydrogen) atoms. The maximum Gasteiger partial charge on any atom is 0.153 e. The Morgan fingerprint density at radius 2 is 2.25 bits per heavy atom. The third kappa shape index (κ3) is 4.39. The second-order valence-electron chi connectivity index (χ2n) is 5.26. The Morgan fingerprint density at radius 3 is 3.00 bits per heavy atom. The van der Waals surface area contributed by atoms with E-state index in [0.29, 0.717) is 30.1 Å². The van der Waals surface area contributed by atoms with Gasteiger partial charge in [0.1, 0.15) is 6.61 Å². The van der Waals surface area contributed by atoms with Crippen molar-refractivity contribution in [3.05, 3.63) is 34.9 Å². The van der Waals surface area contributed by atoms with Crippen LogP contribution in [0.4, 0.5) is 0 Å². The average Bonchev–Trinajstić information content (AvgIpc) is 2.43. The third-order valence-electron chi connectivity index (χ3n) is 3.67. The maximum atomic E-state index is 6.05. The zero-order valence-electron chi connectivity index (χ0n) is 11.9. The molecule has 0 saturated carbocycles. The Hall–Kier alpha value is -1.26. The topological polar surface area (TPSA) is 50.8 Å². The predicted molar refractivity (Wildman–Crippen MR) is 82.7 cm³/mol. The SMILES string of the molecule is CC1CCCCN1CC(N)=NOCc1ccccc1Cl. The first-order chi connectivity index (χ1) is 9.66. The molecule has 0 aliphatic carbocycles. The van der Waals surface area contributed by atoms with Gasteiger partial charge in [-0.05, 0) is 32.4 Å². The second kappa shape index (κ2) is 7.50. The van der Waals surface area contributed by atoms with Crippen molar-refractivity contribution in [1.82, 2.24) is 4.90 Å². The molecule has 2 N–H and O–H groups in total. The first-order valence-corrected chi connectivity index (χ1v) is 7.46. The molecule has 0 aromatic heterocycles. The smallest absolute Gasteiger partial charge is 0.153 e. The van der Waals surface area contributed by atoms with Crippen LogP contribution in [0.15, 0.2) is 29.4 Å². The minimum atomic E-state index is 0.343. The normalized spacial score (nSPS) is 20.9. The summed E-state index contributed by atoms with van der Waals surface area (Å²) in [7, 11) is 0. The molecule has 1 atom stereocenters. The van der Waals surface area contributed by atoms with Gasteiger partial charge in [-0.3, -0.25) is 4.90 Å². The summed E-state index contributed by atoms with van der Waals surface area (Å²) in [6.07, 6.45) is 3.77. The van der Waals surface area contributed by atoms with Crippen molar-refractivity contribution in [2.24, 2.45) is 10.9 Å². The average molecular weight is 296 g/mol. The van der Waals surface area contributed by atoms with E-state index in [1.165, 1.54) is 19.3 Å². The van der Waals surface area contributed by atoms with Gasteiger partial charge in [0.25, 0.3) is 0 Å². The van der Waals surface area contributed by atoms with Crippen LogP contribution in [0.3, 0.4) is 0 Å². The van der Waals surface area contributed by atoms with Crippen molar-refractivity contribution < 1.29 is 4.84 Å². The highest BCUT2D eigenvalue weighted by Crippen LogP contribution is 2.17. The number of likely N-dealkylation sites (tertiary alicyclic amines) is 1. The zero-order chi connectivity index (χ0) is 14.4. The molecule has 1 saturated heterocycles. The Balaban J connectivity index is 1.80. The van der Waals surface area contributed by atoms with Crippen LogP contribution in [0.2, 0.25) is 5.02 Å². The van der Waals surface area contributed by atoms with Gasteiger partial charge in [-0.1, -0.05) is 41.4 Å². The Morgan fingerprint density at radius 1 is 1.45 bits per heavy atom. The number of halogens is 1. The highest BCUT2D eigenvalue weighted by molar-refractivity contribution is 6.31. The first kappa shape index (κ1) is 15.1. The molecule has 1 aliphatic heterocycles. The summed E-state index contributed by atoms with van der Waals surface area (Å²) < 4.78 is 0. The second-order valence-corrected chi connectivity index (χ2v) is 5.67. The van der Waals surface area contributed by atoms with E-state index >= 15 is 0 Å². The van der Waals surface area contributed by atoms with Gasteiger partial charge in [0.05, 0.1) is 6.54 Å². The molecule has 0 amide bonds. The molecule has 1 fully saturated rings. The summed E-state index contributed by atoms with van der Waals surface area (Å²) in [6, 6.07) is 8.14. The van der Waals surface area contributed by atoms with E-state index in [4.69, 9.17) is 22.2 Å². The molecule has 110 valence electrons. The number of amidine groups is 1. The molecule has 1 aliphatic rings. The van der Waals surface area contributed by atoms with Gasteiger partial charge in [-0.2, -0.15) is 0 Å². The molecule has 4 nitrogen and oxygen atoms in total. The van der Waals surface area contributed by atoms with Crippen molar-refractivity contribution in [1.29, 1.82) is 0 Å². The van der Waals surface area contributed by atoms with Gasteiger partial charge < -0.3 is 10.6 Å². The molecule has 2 rings (SSSR count). The van der Waals surface area contributed by atoms with Crippen LogP contribution < -0.4 is 5.73 Å². The molecule has 1 aromatic carbocycles. The van der Waals surface area contributed by atoms with Crippen molar-refractivity contribution in [3.63, 3.8) is 0 Å². The molecule has 0 bridgehead atoms. The van der Waals surface area contributed by atoms with E-state index in [1.54, 1.807) is 0 Å². The minimum absolute atomic E-state index is 0.343. The molecule has 1 aromatic rings. The monoisotopic (exact) mass is 295 g/mol. The van der Waals surface area contributed by atoms with Crippen molar-refractivity contribution >= 4 is 17.4 Å². The van der Waals surface area contributed by atoms with E-state index < -0.39 is 0 Å². The standard InChI is InChI=1S/C15H22ClN3O/c1-12-6-4-5-9-19(12)10-15(17)18-20-11-13-7-2-3-8-14(13)16/h2-3,7-8,12H,4-6,9-11H2,1H3,(H2,17,18). The number of benzene rings is 1. The number of nitrogens with zero attached hydrogens (tertiary/aromatic N) is 2. The quantitative estimate of drug-likeness (QED) is 0.516. The molecule has 5 heteroatoms. The fourth-order valence-corrected chi connectivity index (χ4v) is 2.62. The Kier molecular flexibility index (Phi) is 5.68. The van der Waals surface area contributed by atoms with E-state index in [-0.39, 0.29) is 0 Å². The Bertz CT molecular complexity index is 464. The number of nitrogens with two attached hydrogens (primary N) is 1. The van der Waals surface area contributed by atoms with Crippen LogP contribution in [0.1, 0.15) is 31.7 Å². The van der Waals surface area contributed by atoms with Crippen molar-refractivity contribution in [2.75, 3.05) is 13.1 Å². The minimum Gasteiger partial charge on any atom is -0.389 e. The number of rotatable bonds is 5. The number of hydrogen-bond donors (Lipinski definition) is 1. The van der Waals surface area contributed by atoms with E-state index in [1.807, 2.05) is 24.3 Å². The highest BCUT2D eigenvalue weighted by atomic mass is 35.5. The molecule has 0 radical (unpaired) electrons. The third-order valence-corrected chi connectivity index (χ3v) is 4.03. The highest BCUT2D eigenvalue weighted by Gasteiger charge is 2.18. The fourth-order valence-electron chi connectivity index (χ4n) is 2.43. The molecule has 0 spiro atoms. The summed E-state index contributed by atoms with van der Waals surface area (Å²) in [6.45, 7) is 4.33. The number of hydrogen-bond acceptors (Lipinski definition) is 3. The lowest BCUT2D eigenvalue weighted by Crippen LogP contribution is -2.42. The van der Waals surface area contributed by atoms with E-state index in [0.717, 1.165) is 12.1 Å². The maximum absolute atomic E-state index is 6.05. The van der Waals surface area contributed by atoms with E-state index in [2.05, 4.69) is 17.0 Å².